The highest BCUT2D eigenvalue weighted by molar-refractivity contribution is 9.11. The fraction of sp³-hybridized carbons (Fsp3) is 0.167. The van der Waals surface area contributed by atoms with Crippen molar-refractivity contribution < 1.29 is 12.8 Å². The first-order valence-electron chi connectivity index (χ1n) is 5.54. The van der Waals surface area contributed by atoms with Crippen molar-refractivity contribution in [2.45, 2.75) is 4.21 Å². The SMILES string of the molecule is CN(C)c1ccc(F)cc1NS(=O)(=O)c1ccc(Br)s1. The Morgan fingerprint density at radius 3 is 2.50 bits per heavy atom. The van der Waals surface area contributed by atoms with Gasteiger partial charge in [0.2, 0.25) is 0 Å². The Bertz CT molecular complexity index is 729. The third kappa shape index (κ3) is 3.31. The van der Waals surface area contributed by atoms with Crippen LogP contribution in [0.3, 0.4) is 0 Å². The standard InChI is InChI=1S/C12H12BrFN2O2S2/c1-16(2)10-4-3-8(14)7-9(10)15-20(17,18)12-6-5-11(13)19-12/h3-7,15H,1-2H3. The normalized spacial score (nSPS) is 11.4. The summed E-state index contributed by atoms with van der Waals surface area (Å²) in [5.41, 5.74) is 0.796. The first kappa shape index (κ1) is 15.3. The third-order valence-corrected chi connectivity index (χ3v) is 5.98. The van der Waals surface area contributed by atoms with Gasteiger partial charge in [0.05, 0.1) is 15.2 Å². The number of nitrogens with zero attached hydrogens (tertiary/aromatic N) is 1. The molecule has 0 atom stereocenters. The van der Waals surface area contributed by atoms with E-state index in [1.165, 1.54) is 18.2 Å². The molecule has 0 aliphatic carbocycles. The molecule has 0 aliphatic rings. The van der Waals surface area contributed by atoms with Crippen LogP contribution in [0.2, 0.25) is 0 Å². The summed E-state index contributed by atoms with van der Waals surface area (Å²) in [5, 5.41) is 0. The largest absolute Gasteiger partial charge is 0.376 e. The average molecular weight is 379 g/mol. The molecule has 0 amide bonds. The van der Waals surface area contributed by atoms with Gasteiger partial charge in [0, 0.05) is 20.2 Å². The second-order valence-electron chi connectivity index (χ2n) is 4.22. The number of benzene rings is 1. The molecule has 0 fully saturated rings. The molecule has 0 saturated heterocycles. The third-order valence-electron chi connectivity index (χ3n) is 2.50. The molecule has 2 rings (SSSR count). The van der Waals surface area contributed by atoms with Crippen LogP contribution < -0.4 is 9.62 Å². The number of rotatable bonds is 4. The second kappa shape index (κ2) is 5.71. The average Bonchev–Trinajstić information content (AvgIpc) is 2.75. The molecule has 1 aromatic carbocycles. The number of anilines is 2. The van der Waals surface area contributed by atoms with Gasteiger partial charge in [-0.25, -0.2) is 12.8 Å². The monoisotopic (exact) mass is 378 g/mol. The summed E-state index contributed by atoms with van der Waals surface area (Å²) in [6.45, 7) is 0. The lowest BCUT2D eigenvalue weighted by Crippen LogP contribution is -2.16. The molecule has 0 aliphatic heterocycles. The molecular weight excluding hydrogens is 367 g/mol. The number of hydrogen-bond acceptors (Lipinski definition) is 4. The molecule has 108 valence electrons. The smallest absolute Gasteiger partial charge is 0.271 e. The highest BCUT2D eigenvalue weighted by Gasteiger charge is 2.19. The predicted octanol–water partition coefficient (Wildman–Crippen LogP) is 3.52. The van der Waals surface area contributed by atoms with Crippen LogP contribution in [0.4, 0.5) is 15.8 Å². The molecule has 0 saturated carbocycles. The van der Waals surface area contributed by atoms with Gasteiger partial charge < -0.3 is 4.90 Å². The highest BCUT2D eigenvalue weighted by atomic mass is 79.9. The van der Waals surface area contributed by atoms with Gasteiger partial charge in [0.15, 0.2) is 0 Å². The van der Waals surface area contributed by atoms with Crippen molar-refractivity contribution in [2.24, 2.45) is 0 Å². The van der Waals surface area contributed by atoms with Crippen molar-refractivity contribution in [1.29, 1.82) is 0 Å². The maximum Gasteiger partial charge on any atom is 0.271 e. The molecule has 0 spiro atoms. The van der Waals surface area contributed by atoms with Crippen LogP contribution in [-0.2, 0) is 10.0 Å². The summed E-state index contributed by atoms with van der Waals surface area (Å²) in [6.07, 6.45) is 0. The van der Waals surface area contributed by atoms with Gasteiger partial charge in [-0.15, -0.1) is 11.3 Å². The Morgan fingerprint density at radius 1 is 1.25 bits per heavy atom. The van der Waals surface area contributed by atoms with Gasteiger partial charge in [0.25, 0.3) is 10.0 Å². The summed E-state index contributed by atoms with van der Waals surface area (Å²) >= 11 is 4.31. The van der Waals surface area contributed by atoms with Crippen molar-refractivity contribution in [1.82, 2.24) is 0 Å². The molecule has 1 aromatic heterocycles. The fourth-order valence-corrected chi connectivity index (χ4v) is 4.69. The van der Waals surface area contributed by atoms with E-state index in [1.54, 1.807) is 25.1 Å². The zero-order valence-electron chi connectivity index (χ0n) is 10.7. The first-order valence-corrected chi connectivity index (χ1v) is 8.64. The van der Waals surface area contributed by atoms with Gasteiger partial charge in [0.1, 0.15) is 10.0 Å². The molecule has 0 radical (unpaired) electrons. The molecule has 2 aromatic rings. The summed E-state index contributed by atoms with van der Waals surface area (Å²) in [6, 6.07) is 7.12. The van der Waals surface area contributed by atoms with E-state index in [4.69, 9.17) is 0 Å². The van der Waals surface area contributed by atoms with Gasteiger partial charge in [-0.05, 0) is 40.2 Å². The van der Waals surface area contributed by atoms with Gasteiger partial charge in [-0.1, -0.05) is 0 Å². The zero-order valence-corrected chi connectivity index (χ0v) is 13.9. The van der Waals surface area contributed by atoms with Gasteiger partial charge in [-0.3, -0.25) is 4.72 Å². The van der Waals surface area contributed by atoms with Crippen LogP contribution in [0.15, 0.2) is 38.3 Å². The molecular formula is C12H12BrFN2O2S2. The fourth-order valence-electron chi connectivity index (χ4n) is 1.62. The van der Waals surface area contributed by atoms with E-state index in [-0.39, 0.29) is 9.90 Å². The lowest BCUT2D eigenvalue weighted by atomic mass is 10.2. The van der Waals surface area contributed by atoms with Crippen molar-refractivity contribution in [2.75, 3.05) is 23.7 Å². The van der Waals surface area contributed by atoms with Crippen molar-refractivity contribution >= 4 is 48.7 Å². The minimum atomic E-state index is -3.72. The minimum Gasteiger partial charge on any atom is -0.376 e. The summed E-state index contributed by atoms with van der Waals surface area (Å²) in [5.74, 6) is -0.499. The Balaban J connectivity index is 2.41. The number of nitrogens with one attached hydrogen (secondary N) is 1. The molecule has 1 N–H and O–H groups in total. The van der Waals surface area contributed by atoms with Crippen molar-refractivity contribution in [3.63, 3.8) is 0 Å². The van der Waals surface area contributed by atoms with E-state index in [2.05, 4.69) is 20.7 Å². The molecule has 8 heteroatoms. The van der Waals surface area contributed by atoms with E-state index in [1.807, 2.05) is 0 Å². The van der Waals surface area contributed by atoms with Crippen LogP contribution in [0.1, 0.15) is 0 Å². The van der Waals surface area contributed by atoms with Crippen LogP contribution in [0.5, 0.6) is 0 Å². The number of hydrogen-bond donors (Lipinski definition) is 1. The molecule has 0 unspecified atom stereocenters. The maximum atomic E-state index is 13.3. The Hall–Kier alpha value is -1.12. The summed E-state index contributed by atoms with van der Waals surface area (Å²) in [4.78, 5) is 1.71. The van der Waals surface area contributed by atoms with Crippen molar-refractivity contribution in [3.8, 4) is 0 Å². The van der Waals surface area contributed by atoms with Crippen LogP contribution in [0, 0.1) is 5.82 Å². The Labute approximate surface area is 129 Å². The van der Waals surface area contributed by atoms with E-state index < -0.39 is 15.8 Å². The zero-order chi connectivity index (χ0) is 14.9. The topological polar surface area (TPSA) is 49.4 Å². The quantitative estimate of drug-likeness (QED) is 0.885. The van der Waals surface area contributed by atoms with E-state index in [9.17, 15) is 12.8 Å². The number of halogens is 2. The number of sulfonamides is 1. The molecule has 4 nitrogen and oxygen atoms in total. The summed E-state index contributed by atoms with van der Waals surface area (Å²) < 4.78 is 41.1. The minimum absolute atomic E-state index is 0.165. The highest BCUT2D eigenvalue weighted by Crippen LogP contribution is 2.31. The summed E-state index contributed by atoms with van der Waals surface area (Å²) in [7, 11) is -0.207. The van der Waals surface area contributed by atoms with E-state index >= 15 is 0 Å². The molecule has 0 bridgehead atoms. The van der Waals surface area contributed by atoms with Crippen LogP contribution in [0.25, 0.3) is 0 Å². The Morgan fingerprint density at radius 2 is 1.95 bits per heavy atom. The van der Waals surface area contributed by atoms with Crippen molar-refractivity contribution in [3.05, 3.63) is 39.9 Å². The predicted molar refractivity (Wildman–Crippen MR) is 83.6 cm³/mol. The molecule has 20 heavy (non-hydrogen) atoms. The number of thiophene rings is 1. The van der Waals surface area contributed by atoms with E-state index in [0.717, 1.165) is 17.4 Å². The molecule has 1 heterocycles. The lowest BCUT2D eigenvalue weighted by Gasteiger charge is -2.18. The Kier molecular flexibility index (Phi) is 4.36. The second-order valence-corrected chi connectivity index (χ2v) is 8.59. The first-order chi connectivity index (χ1) is 9.29. The van der Waals surface area contributed by atoms with Gasteiger partial charge in [-0.2, -0.15) is 0 Å². The van der Waals surface area contributed by atoms with Gasteiger partial charge >= 0.3 is 0 Å². The van der Waals surface area contributed by atoms with Crippen LogP contribution >= 0.6 is 27.3 Å². The van der Waals surface area contributed by atoms with E-state index in [0.29, 0.717) is 9.47 Å². The van der Waals surface area contributed by atoms with Crippen LogP contribution in [-0.4, -0.2) is 22.5 Å². The maximum absolute atomic E-state index is 13.3. The lowest BCUT2D eigenvalue weighted by molar-refractivity contribution is 0.603.